The van der Waals surface area contributed by atoms with Crippen molar-refractivity contribution in [3.8, 4) is 23.2 Å². The van der Waals surface area contributed by atoms with E-state index in [1.165, 1.54) is 12.1 Å². The first-order valence-electron chi connectivity index (χ1n) is 9.78. The fourth-order valence-corrected chi connectivity index (χ4v) is 4.21. The molecule has 8 heteroatoms. The molecular weight excluding hydrogens is 417 g/mol. The minimum Gasteiger partial charge on any atom is -0.422 e. The summed E-state index contributed by atoms with van der Waals surface area (Å²) in [6, 6.07) is 20.3. The van der Waals surface area contributed by atoms with Crippen LogP contribution < -0.4 is 4.74 Å². The van der Waals surface area contributed by atoms with Crippen molar-refractivity contribution >= 4 is 16.7 Å². The molecule has 0 fully saturated rings. The zero-order chi connectivity index (χ0) is 22.5. The number of H-pyrrole nitrogens is 1. The Bertz CT molecular complexity index is 1380. The van der Waals surface area contributed by atoms with E-state index in [4.69, 9.17) is 10.1 Å². The van der Waals surface area contributed by atoms with Crippen LogP contribution in [0, 0.1) is 22.7 Å². The molecule has 2 unspecified atom stereocenters. The third kappa shape index (κ3) is 3.10. The molecule has 2 atom stereocenters. The molecular formula is C24H15F3N4O. The molecule has 3 aromatic carbocycles. The molecule has 0 saturated heterocycles. The molecule has 1 aromatic heterocycles. The highest BCUT2D eigenvalue weighted by molar-refractivity contribution is 5.97. The van der Waals surface area contributed by atoms with Gasteiger partial charge in [-0.25, -0.2) is 0 Å². The molecule has 0 radical (unpaired) electrons. The van der Waals surface area contributed by atoms with Crippen molar-refractivity contribution in [2.75, 3.05) is 0 Å². The average molecular weight is 432 g/mol. The van der Waals surface area contributed by atoms with Gasteiger partial charge in [0.05, 0.1) is 22.9 Å². The minimum atomic E-state index is -4.47. The SMILES string of the molecule is N#CC1C(=N)Oc2n[nH]c(-c3cccc4ccccc34)c2C1c1ccc(C(F)(F)F)cc1. The number of rotatable bonds is 2. The maximum absolute atomic E-state index is 13.1. The second-order valence-corrected chi connectivity index (χ2v) is 7.51. The zero-order valence-corrected chi connectivity index (χ0v) is 16.4. The van der Waals surface area contributed by atoms with E-state index in [0.29, 0.717) is 16.8 Å². The van der Waals surface area contributed by atoms with Crippen LogP contribution in [0.1, 0.15) is 22.6 Å². The van der Waals surface area contributed by atoms with Crippen LogP contribution >= 0.6 is 0 Å². The van der Waals surface area contributed by atoms with Crippen molar-refractivity contribution < 1.29 is 17.9 Å². The van der Waals surface area contributed by atoms with Crippen LogP contribution in [0.3, 0.4) is 0 Å². The summed E-state index contributed by atoms with van der Waals surface area (Å²) in [5, 5.41) is 27.1. The lowest BCUT2D eigenvalue weighted by Gasteiger charge is -2.28. The first-order valence-corrected chi connectivity index (χ1v) is 9.78. The highest BCUT2D eigenvalue weighted by Crippen LogP contribution is 2.47. The molecule has 1 aliphatic rings. The van der Waals surface area contributed by atoms with Crippen LogP contribution in [0.25, 0.3) is 22.0 Å². The standard InChI is InChI=1S/C24H15F3N4O/c25-24(26,27)15-10-8-14(9-11-15)19-18(12-28)22(29)32-23-20(19)21(30-31-23)17-7-3-5-13-4-1-2-6-16(13)17/h1-11,18-19,29H,(H,30,31). The number of ether oxygens (including phenoxy) is 1. The zero-order valence-electron chi connectivity index (χ0n) is 16.4. The molecule has 0 saturated carbocycles. The van der Waals surface area contributed by atoms with E-state index in [2.05, 4.69) is 16.3 Å². The van der Waals surface area contributed by atoms with E-state index < -0.39 is 23.6 Å². The number of hydrogen-bond donors (Lipinski definition) is 2. The van der Waals surface area contributed by atoms with Crippen molar-refractivity contribution in [2.24, 2.45) is 5.92 Å². The minimum absolute atomic E-state index is 0.148. The monoisotopic (exact) mass is 432 g/mol. The lowest BCUT2D eigenvalue weighted by molar-refractivity contribution is -0.137. The number of fused-ring (bicyclic) bond motifs is 2. The van der Waals surface area contributed by atoms with Gasteiger partial charge in [-0.1, -0.05) is 54.6 Å². The summed E-state index contributed by atoms with van der Waals surface area (Å²) in [5.41, 5.74) is 1.67. The first-order chi connectivity index (χ1) is 15.4. The number of hydrogen-bond acceptors (Lipinski definition) is 4. The fraction of sp³-hybridized carbons (Fsp3) is 0.125. The van der Waals surface area contributed by atoms with Gasteiger partial charge in [-0.2, -0.15) is 18.4 Å². The number of nitrogens with one attached hydrogen (secondary N) is 2. The summed E-state index contributed by atoms with van der Waals surface area (Å²) in [5.74, 6) is -1.87. The number of nitrogens with zero attached hydrogens (tertiary/aromatic N) is 2. The predicted octanol–water partition coefficient (Wildman–Crippen LogP) is 5.89. The molecule has 158 valence electrons. The largest absolute Gasteiger partial charge is 0.422 e. The molecule has 0 spiro atoms. The Morgan fingerprint density at radius 2 is 1.72 bits per heavy atom. The van der Waals surface area contributed by atoms with Gasteiger partial charge in [0, 0.05) is 11.5 Å². The second-order valence-electron chi connectivity index (χ2n) is 7.51. The third-order valence-corrected chi connectivity index (χ3v) is 5.70. The molecule has 2 N–H and O–H groups in total. The summed E-state index contributed by atoms with van der Waals surface area (Å²) < 4.78 is 44.7. The predicted molar refractivity (Wildman–Crippen MR) is 112 cm³/mol. The molecule has 32 heavy (non-hydrogen) atoms. The number of aromatic nitrogens is 2. The summed E-state index contributed by atoms with van der Waals surface area (Å²) >= 11 is 0. The molecule has 0 amide bonds. The van der Waals surface area contributed by atoms with Gasteiger partial charge in [0.15, 0.2) is 0 Å². The Kier molecular flexibility index (Phi) is 4.48. The van der Waals surface area contributed by atoms with Crippen LogP contribution in [-0.2, 0) is 6.18 Å². The van der Waals surface area contributed by atoms with Gasteiger partial charge in [-0.3, -0.25) is 10.5 Å². The summed E-state index contributed by atoms with van der Waals surface area (Å²) in [4.78, 5) is 0. The Hall–Kier alpha value is -4.12. The highest BCUT2D eigenvalue weighted by atomic mass is 19.4. The smallest absolute Gasteiger partial charge is 0.416 e. The number of alkyl halides is 3. The molecule has 0 bridgehead atoms. The van der Waals surface area contributed by atoms with E-state index in [-0.39, 0.29) is 11.8 Å². The van der Waals surface area contributed by atoms with Crippen molar-refractivity contribution in [3.63, 3.8) is 0 Å². The van der Waals surface area contributed by atoms with Crippen LogP contribution in [-0.4, -0.2) is 16.1 Å². The maximum Gasteiger partial charge on any atom is 0.416 e. The molecule has 4 aromatic rings. The average Bonchev–Trinajstić information content (AvgIpc) is 3.20. The van der Waals surface area contributed by atoms with Gasteiger partial charge in [-0.05, 0) is 28.5 Å². The maximum atomic E-state index is 13.1. The fourth-order valence-electron chi connectivity index (χ4n) is 4.21. The van der Waals surface area contributed by atoms with E-state index >= 15 is 0 Å². The Labute approximate surface area is 180 Å². The van der Waals surface area contributed by atoms with E-state index in [1.807, 2.05) is 42.5 Å². The Morgan fingerprint density at radius 1 is 1.00 bits per heavy atom. The molecule has 5 rings (SSSR count). The summed E-state index contributed by atoms with van der Waals surface area (Å²) in [6.07, 6.45) is -4.47. The highest BCUT2D eigenvalue weighted by Gasteiger charge is 2.41. The number of nitriles is 1. The quantitative estimate of drug-likeness (QED) is 0.414. The van der Waals surface area contributed by atoms with E-state index in [1.54, 1.807) is 0 Å². The van der Waals surface area contributed by atoms with Crippen LogP contribution in [0.5, 0.6) is 5.88 Å². The van der Waals surface area contributed by atoms with Crippen molar-refractivity contribution in [2.45, 2.75) is 12.1 Å². The van der Waals surface area contributed by atoms with Gasteiger partial charge in [-0.15, -0.1) is 5.10 Å². The molecule has 1 aliphatic heterocycles. The van der Waals surface area contributed by atoms with Gasteiger partial charge in [0.2, 0.25) is 11.8 Å². The second kappa shape index (κ2) is 7.24. The Morgan fingerprint density at radius 3 is 2.44 bits per heavy atom. The van der Waals surface area contributed by atoms with E-state index in [0.717, 1.165) is 28.5 Å². The van der Waals surface area contributed by atoms with Crippen molar-refractivity contribution in [1.82, 2.24) is 10.2 Å². The molecule has 0 aliphatic carbocycles. The first kappa shape index (κ1) is 19.8. The van der Waals surface area contributed by atoms with Gasteiger partial charge in [0.25, 0.3) is 0 Å². The third-order valence-electron chi connectivity index (χ3n) is 5.70. The number of aromatic amines is 1. The van der Waals surface area contributed by atoms with Gasteiger partial charge < -0.3 is 4.74 Å². The van der Waals surface area contributed by atoms with E-state index in [9.17, 15) is 18.4 Å². The number of halogens is 3. The summed E-state index contributed by atoms with van der Waals surface area (Å²) in [7, 11) is 0. The van der Waals surface area contributed by atoms with Crippen LogP contribution in [0.2, 0.25) is 0 Å². The molecule has 5 nitrogen and oxygen atoms in total. The number of benzene rings is 3. The Balaban J connectivity index is 1.72. The van der Waals surface area contributed by atoms with Crippen molar-refractivity contribution in [3.05, 3.63) is 83.4 Å². The van der Waals surface area contributed by atoms with Gasteiger partial charge >= 0.3 is 6.18 Å². The topological polar surface area (TPSA) is 85.6 Å². The van der Waals surface area contributed by atoms with Crippen LogP contribution in [0.4, 0.5) is 13.2 Å². The normalized spacial score (nSPS) is 18.1. The summed E-state index contributed by atoms with van der Waals surface area (Å²) in [6.45, 7) is 0. The molecule has 2 heterocycles. The van der Waals surface area contributed by atoms with Crippen LogP contribution in [0.15, 0.2) is 66.7 Å². The lowest BCUT2D eigenvalue weighted by Crippen LogP contribution is -2.31. The van der Waals surface area contributed by atoms with Gasteiger partial charge in [0.1, 0.15) is 5.92 Å². The lowest BCUT2D eigenvalue weighted by atomic mass is 9.78. The van der Waals surface area contributed by atoms with Crippen molar-refractivity contribution in [1.29, 1.82) is 10.7 Å².